The highest BCUT2D eigenvalue weighted by Crippen LogP contribution is 2.06. The Labute approximate surface area is 116 Å². The molecule has 0 saturated carbocycles. The molecular formula is C14H17N3O3. The standard InChI is InChI=1S/C14H17N3O3/c15-12-5-1-6-16-13(12)14(18)17-7-3-8-19-10-11-4-2-9-20-11/h1-2,4-6,9H,3,7-8,10,15H2,(H,17,18). The van der Waals surface area contributed by atoms with Crippen molar-refractivity contribution in [2.45, 2.75) is 13.0 Å². The molecule has 2 aromatic heterocycles. The molecule has 3 N–H and O–H groups in total. The number of carbonyl (C=O) groups is 1. The maximum absolute atomic E-state index is 11.8. The van der Waals surface area contributed by atoms with Crippen molar-refractivity contribution in [1.29, 1.82) is 0 Å². The number of pyridine rings is 1. The van der Waals surface area contributed by atoms with Gasteiger partial charge in [0.1, 0.15) is 12.4 Å². The molecule has 6 heteroatoms. The van der Waals surface area contributed by atoms with E-state index >= 15 is 0 Å². The number of anilines is 1. The van der Waals surface area contributed by atoms with E-state index in [1.807, 2.05) is 12.1 Å². The summed E-state index contributed by atoms with van der Waals surface area (Å²) in [5, 5.41) is 2.75. The maximum atomic E-state index is 11.8. The van der Waals surface area contributed by atoms with Crippen molar-refractivity contribution < 1.29 is 13.9 Å². The van der Waals surface area contributed by atoms with Crippen molar-refractivity contribution >= 4 is 11.6 Å². The lowest BCUT2D eigenvalue weighted by Crippen LogP contribution is -2.27. The van der Waals surface area contributed by atoms with E-state index in [2.05, 4.69) is 10.3 Å². The lowest BCUT2D eigenvalue weighted by molar-refractivity contribution is 0.0914. The largest absolute Gasteiger partial charge is 0.467 e. The van der Waals surface area contributed by atoms with E-state index in [1.54, 1.807) is 18.4 Å². The number of furan rings is 1. The van der Waals surface area contributed by atoms with Crippen LogP contribution in [0.5, 0.6) is 0 Å². The molecule has 0 radical (unpaired) electrons. The van der Waals surface area contributed by atoms with Crippen molar-refractivity contribution in [2.24, 2.45) is 0 Å². The maximum Gasteiger partial charge on any atom is 0.272 e. The van der Waals surface area contributed by atoms with Crippen LogP contribution in [0.3, 0.4) is 0 Å². The Morgan fingerprint density at radius 3 is 3.05 bits per heavy atom. The molecule has 106 valence electrons. The zero-order valence-electron chi connectivity index (χ0n) is 11.0. The van der Waals surface area contributed by atoms with E-state index in [-0.39, 0.29) is 11.6 Å². The van der Waals surface area contributed by atoms with Gasteiger partial charge in [0.15, 0.2) is 5.69 Å². The number of carbonyl (C=O) groups excluding carboxylic acids is 1. The number of hydrogen-bond acceptors (Lipinski definition) is 5. The second-order valence-corrected chi connectivity index (χ2v) is 4.18. The summed E-state index contributed by atoms with van der Waals surface area (Å²) >= 11 is 0. The number of nitrogen functional groups attached to an aromatic ring is 1. The summed E-state index contributed by atoms with van der Waals surface area (Å²) in [4.78, 5) is 15.7. The molecule has 0 aliphatic carbocycles. The van der Waals surface area contributed by atoms with Crippen LogP contribution in [0.15, 0.2) is 41.1 Å². The van der Waals surface area contributed by atoms with Gasteiger partial charge in [-0.1, -0.05) is 0 Å². The van der Waals surface area contributed by atoms with Crippen LogP contribution in [0.2, 0.25) is 0 Å². The molecule has 0 spiro atoms. The highest BCUT2D eigenvalue weighted by molar-refractivity contribution is 5.96. The summed E-state index contributed by atoms with van der Waals surface area (Å²) in [5.41, 5.74) is 6.30. The number of hydrogen-bond donors (Lipinski definition) is 2. The SMILES string of the molecule is Nc1cccnc1C(=O)NCCCOCc1ccco1. The van der Waals surface area contributed by atoms with E-state index in [4.69, 9.17) is 14.9 Å². The third-order valence-electron chi connectivity index (χ3n) is 2.63. The van der Waals surface area contributed by atoms with Gasteiger partial charge in [-0.15, -0.1) is 0 Å². The Morgan fingerprint density at radius 2 is 2.30 bits per heavy atom. The lowest BCUT2D eigenvalue weighted by Gasteiger charge is -2.06. The van der Waals surface area contributed by atoms with E-state index in [9.17, 15) is 4.79 Å². The minimum absolute atomic E-state index is 0.254. The number of nitrogens with one attached hydrogen (secondary N) is 1. The number of nitrogens with zero attached hydrogens (tertiary/aromatic N) is 1. The third-order valence-corrected chi connectivity index (χ3v) is 2.63. The number of ether oxygens (including phenoxy) is 1. The second-order valence-electron chi connectivity index (χ2n) is 4.18. The number of nitrogens with two attached hydrogens (primary N) is 1. The first-order valence-electron chi connectivity index (χ1n) is 6.36. The summed E-state index contributed by atoms with van der Waals surface area (Å²) in [7, 11) is 0. The van der Waals surface area contributed by atoms with Crippen LogP contribution < -0.4 is 11.1 Å². The van der Waals surface area contributed by atoms with Crippen LogP contribution in [0.1, 0.15) is 22.7 Å². The zero-order valence-corrected chi connectivity index (χ0v) is 11.0. The highest BCUT2D eigenvalue weighted by atomic mass is 16.5. The van der Waals surface area contributed by atoms with Gasteiger partial charge in [0.2, 0.25) is 0 Å². The molecule has 20 heavy (non-hydrogen) atoms. The molecule has 1 amide bonds. The Bertz CT molecular complexity index is 540. The van der Waals surface area contributed by atoms with Crippen LogP contribution in [-0.2, 0) is 11.3 Å². The molecule has 0 aliphatic heterocycles. The topological polar surface area (TPSA) is 90.4 Å². The number of rotatable bonds is 7. The fraction of sp³-hybridized carbons (Fsp3) is 0.286. The normalized spacial score (nSPS) is 10.4. The first-order chi connectivity index (χ1) is 9.77. The molecule has 0 aliphatic rings. The summed E-state index contributed by atoms with van der Waals surface area (Å²) in [5.74, 6) is 0.518. The quantitative estimate of drug-likeness (QED) is 0.749. The van der Waals surface area contributed by atoms with Gasteiger partial charge in [0.05, 0.1) is 12.0 Å². The lowest BCUT2D eigenvalue weighted by atomic mass is 10.3. The Hall–Kier alpha value is -2.34. The van der Waals surface area contributed by atoms with Crippen molar-refractivity contribution in [3.63, 3.8) is 0 Å². The molecule has 2 aromatic rings. The summed E-state index contributed by atoms with van der Waals surface area (Å²) in [6.07, 6.45) is 3.85. The molecule has 0 aromatic carbocycles. The summed E-state index contributed by atoms with van der Waals surface area (Å²) < 4.78 is 10.5. The van der Waals surface area contributed by atoms with Gasteiger partial charge in [0.25, 0.3) is 5.91 Å². The van der Waals surface area contributed by atoms with Crippen molar-refractivity contribution in [3.8, 4) is 0 Å². The fourth-order valence-corrected chi connectivity index (χ4v) is 1.63. The van der Waals surface area contributed by atoms with Crippen LogP contribution in [0.25, 0.3) is 0 Å². The van der Waals surface area contributed by atoms with Gasteiger partial charge < -0.3 is 20.2 Å². The third kappa shape index (κ3) is 4.10. The molecule has 0 atom stereocenters. The molecule has 6 nitrogen and oxygen atoms in total. The van der Waals surface area contributed by atoms with E-state index in [0.29, 0.717) is 31.9 Å². The van der Waals surface area contributed by atoms with Gasteiger partial charge in [-0.05, 0) is 30.7 Å². The fourth-order valence-electron chi connectivity index (χ4n) is 1.63. The predicted molar refractivity (Wildman–Crippen MR) is 74.0 cm³/mol. The van der Waals surface area contributed by atoms with Crippen LogP contribution >= 0.6 is 0 Å². The van der Waals surface area contributed by atoms with Crippen LogP contribution in [0, 0.1) is 0 Å². The summed E-state index contributed by atoms with van der Waals surface area (Å²) in [6, 6.07) is 7.00. The van der Waals surface area contributed by atoms with Gasteiger partial charge in [-0.3, -0.25) is 4.79 Å². The van der Waals surface area contributed by atoms with Crippen LogP contribution in [0.4, 0.5) is 5.69 Å². The summed E-state index contributed by atoms with van der Waals surface area (Å²) in [6.45, 7) is 1.49. The smallest absolute Gasteiger partial charge is 0.272 e. The Morgan fingerprint density at radius 1 is 1.40 bits per heavy atom. The number of amides is 1. The zero-order chi connectivity index (χ0) is 14.2. The molecular weight excluding hydrogens is 258 g/mol. The molecule has 0 saturated heterocycles. The van der Waals surface area contributed by atoms with Gasteiger partial charge >= 0.3 is 0 Å². The molecule has 0 fully saturated rings. The average Bonchev–Trinajstić information content (AvgIpc) is 2.96. The van der Waals surface area contributed by atoms with Gasteiger partial charge in [-0.25, -0.2) is 4.98 Å². The highest BCUT2D eigenvalue weighted by Gasteiger charge is 2.09. The monoisotopic (exact) mass is 275 g/mol. The predicted octanol–water partition coefficient (Wildman–Crippen LogP) is 1.59. The van der Waals surface area contributed by atoms with Gasteiger partial charge in [0, 0.05) is 19.3 Å². The van der Waals surface area contributed by atoms with Crippen LogP contribution in [-0.4, -0.2) is 24.0 Å². The van der Waals surface area contributed by atoms with E-state index < -0.39 is 0 Å². The Balaban J connectivity index is 1.61. The minimum Gasteiger partial charge on any atom is -0.467 e. The van der Waals surface area contributed by atoms with Gasteiger partial charge in [-0.2, -0.15) is 0 Å². The van der Waals surface area contributed by atoms with E-state index in [1.165, 1.54) is 6.20 Å². The second kappa shape index (κ2) is 7.30. The average molecular weight is 275 g/mol. The van der Waals surface area contributed by atoms with Crippen molar-refractivity contribution in [3.05, 3.63) is 48.2 Å². The number of aromatic nitrogens is 1. The first-order valence-corrected chi connectivity index (χ1v) is 6.36. The first kappa shape index (κ1) is 14.1. The molecule has 2 heterocycles. The van der Waals surface area contributed by atoms with E-state index in [0.717, 1.165) is 5.76 Å². The van der Waals surface area contributed by atoms with Crippen molar-refractivity contribution in [2.75, 3.05) is 18.9 Å². The Kier molecular flexibility index (Phi) is 5.14. The molecule has 2 rings (SSSR count). The molecule has 0 unspecified atom stereocenters. The molecule has 0 bridgehead atoms. The van der Waals surface area contributed by atoms with Crippen molar-refractivity contribution in [1.82, 2.24) is 10.3 Å². The minimum atomic E-state index is -0.269.